The topological polar surface area (TPSA) is 26.3 Å². The molecule has 0 heterocycles. The first kappa shape index (κ1) is 16.3. The molecule has 0 N–H and O–H groups in total. The molecule has 3 aromatic carbocycles. The number of para-hydroxylation sites is 1. The van der Waals surface area contributed by atoms with Crippen LogP contribution in [0, 0.1) is 0 Å². The number of ether oxygens (including phenoxy) is 1. The SMILES string of the molecule is COc1ccccc1SC(C(=O)c1ccccc1)c1ccccc1. The van der Waals surface area contributed by atoms with E-state index in [1.165, 1.54) is 11.8 Å². The van der Waals surface area contributed by atoms with Gasteiger partial charge >= 0.3 is 0 Å². The van der Waals surface area contributed by atoms with Crippen LogP contribution >= 0.6 is 11.8 Å². The number of rotatable bonds is 6. The van der Waals surface area contributed by atoms with Crippen LogP contribution in [0.2, 0.25) is 0 Å². The van der Waals surface area contributed by atoms with E-state index in [-0.39, 0.29) is 11.0 Å². The Labute approximate surface area is 146 Å². The smallest absolute Gasteiger partial charge is 0.180 e. The summed E-state index contributed by atoms with van der Waals surface area (Å²) < 4.78 is 5.44. The molecule has 0 fully saturated rings. The second kappa shape index (κ2) is 7.84. The number of hydrogen-bond acceptors (Lipinski definition) is 3. The molecule has 0 aromatic heterocycles. The van der Waals surface area contributed by atoms with Crippen LogP contribution in [0.1, 0.15) is 21.2 Å². The molecule has 3 rings (SSSR count). The fourth-order valence-corrected chi connectivity index (χ4v) is 3.71. The predicted molar refractivity (Wildman–Crippen MR) is 98.8 cm³/mol. The molecule has 3 aromatic rings. The van der Waals surface area contributed by atoms with Crippen molar-refractivity contribution in [2.45, 2.75) is 10.1 Å². The van der Waals surface area contributed by atoms with Crippen molar-refractivity contribution in [3.8, 4) is 5.75 Å². The third kappa shape index (κ3) is 3.69. The zero-order chi connectivity index (χ0) is 16.8. The Bertz CT molecular complexity index is 800. The lowest BCUT2D eigenvalue weighted by atomic mass is 10.0. The van der Waals surface area contributed by atoms with Crippen molar-refractivity contribution in [2.75, 3.05) is 7.11 Å². The maximum Gasteiger partial charge on any atom is 0.180 e. The van der Waals surface area contributed by atoms with Gasteiger partial charge in [0.2, 0.25) is 0 Å². The summed E-state index contributed by atoms with van der Waals surface area (Å²) in [6.45, 7) is 0. The van der Waals surface area contributed by atoms with Crippen molar-refractivity contribution < 1.29 is 9.53 Å². The van der Waals surface area contributed by atoms with Crippen LogP contribution in [0.15, 0.2) is 89.8 Å². The molecule has 0 aliphatic heterocycles. The minimum atomic E-state index is -0.315. The van der Waals surface area contributed by atoms with E-state index in [0.29, 0.717) is 5.56 Å². The van der Waals surface area contributed by atoms with Crippen LogP contribution in [0.4, 0.5) is 0 Å². The van der Waals surface area contributed by atoms with Crippen molar-refractivity contribution in [3.63, 3.8) is 0 Å². The second-order valence-corrected chi connectivity index (χ2v) is 6.44. The largest absolute Gasteiger partial charge is 0.496 e. The van der Waals surface area contributed by atoms with Crippen molar-refractivity contribution >= 4 is 17.5 Å². The molecule has 0 bridgehead atoms. The Balaban J connectivity index is 1.98. The Morgan fingerprint density at radius 1 is 0.833 bits per heavy atom. The fourth-order valence-electron chi connectivity index (χ4n) is 2.50. The monoisotopic (exact) mass is 334 g/mol. The molecule has 24 heavy (non-hydrogen) atoms. The molecule has 0 saturated heterocycles. The maximum absolute atomic E-state index is 13.1. The van der Waals surface area contributed by atoms with Crippen LogP contribution < -0.4 is 4.74 Å². The van der Waals surface area contributed by atoms with Gasteiger partial charge in [0.05, 0.1) is 17.3 Å². The average molecular weight is 334 g/mol. The summed E-state index contributed by atoms with van der Waals surface area (Å²) in [5.41, 5.74) is 1.70. The standard InChI is InChI=1S/C21H18O2S/c1-23-18-14-8-9-15-19(18)24-21(17-12-6-3-7-13-17)20(22)16-10-4-2-5-11-16/h2-15,21H,1H3. The lowest BCUT2D eigenvalue weighted by Gasteiger charge is -2.17. The summed E-state index contributed by atoms with van der Waals surface area (Å²) in [7, 11) is 1.65. The highest BCUT2D eigenvalue weighted by Crippen LogP contribution is 2.41. The molecule has 0 amide bonds. The van der Waals surface area contributed by atoms with Gasteiger partial charge in [-0.25, -0.2) is 0 Å². The molecular formula is C21H18O2S. The van der Waals surface area contributed by atoms with Gasteiger partial charge in [0.1, 0.15) is 5.75 Å². The highest BCUT2D eigenvalue weighted by Gasteiger charge is 2.24. The van der Waals surface area contributed by atoms with E-state index in [1.54, 1.807) is 7.11 Å². The van der Waals surface area contributed by atoms with Gasteiger partial charge in [-0.3, -0.25) is 4.79 Å². The summed E-state index contributed by atoms with van der Waals surface area (Å²) in [5, 5.41) is -0.315. The van der Waals surface area contributed by atoms with Gasteiger partial charge in [0, 0.05) is 5.56 Å². The third-order valence-electron chi connectivity index (χ3n) is 3.71. The van der Waals surface area contributed by atoms with Gasteiger partial charge in [-0.05, 0) is 17.7 Å². The van der Waals surface area contributed by atoms with Gasteiger partial charge in [0.25, 0.3) is 0 Å². The zero-order valence-corrected chi connectivity index (χ0v) is 14.2. The van der Waals surface area contributed by atoms with Crippen molar-refractivity contribution in [1.82, 2.24) is 0 Å². The number of benzene rings is 3. The fraction of sp³-hybridized carbons (Fsp3) is 0.0952. The van der Waals surface area contributed by atoms with Gasteiger partial charge in [-0.1, -0.05) is 72.8 Å². The molecule has 0 saturated carbocycles. The van der Waals surface area contributed by atoms with E-state index in [9.17, 15) is 4.79 Å². The van der Waals surface area contributed by atoms with Crippen LogP contribution in [0.25, 0.3) is 0 Å². The summed E-state index contributed by atoms with van der Waals surface area (Å²) in [5.74, 6) is 0.877. The minimum absolute atomic E-state index is 0.0951. The van der Waals surface area contributed by atoms with Gasteiger partial charge < -0.3 is 4.74 Å². The molecule has 120 valence electrons. The van der Waals surface area contributed by atoms with Crippen LogP contribution in [0.3, 0.4) is 0 Å². The number of methoxy groups -OCH3 is 1. The number of thioether (sulfide) groups is 1. The van der Waals surface area contributed by atoms with E-state index in [4.69, 9.17) is 4.74 Å². The Kier molecular flexibility index (Phi) is 5.34. The quantitative estimate of drug-likeness (QED) is 0.445. The van der Waals surface area contributed by atoms with Crippen molar-refractivity contribution in [3.05, 3.63) is 96.1 Å². The van der Waals surface area contributed by atoms with Gasteiger partial charge in [-0.2, -0.15) is 0 Å². The summed E-state index contributed by atoms with van der Waals surface area (Å²) in [6.07, 6.45) is 0. The maximum atomic E-state index is 13.1. The van der Waals surface area contributed by atoms with E-state index >= 15 is 0 Å². The molecular weight excluding hydrogens is 316 g/mol. The lowest BCUT2D eigenvalue weighted by Crippen LogP contribution is -2.10. The number of hydrogen-bond donors (Lipinski definition) is 0. The van der Waals surface area contributed by atoms with E-state index < -0.39 is 0 Å². The second-order valence-electron chi connectivity index (χ2n) is 5.29. The van der Waals surface area contributed by atoms with E-state index in [1.807, 2.05) is 84.9 Å². The average Bonchev–Trinajstić information content (AvgIpc) is 2.67. The molecule has 3 heteroatoms. The molecule has 0 aliphatic carbocycles. The van der Waals surface area contributed by atoms with E-state index in [2.05, 4.69) is 0 Å². The van der Waals surface area contributed by atoms with Crippen LogP contribution in [-0.4, -0.2) is 12.9 Å². The van der Waals surface area contributed by atoms with Crippen LogP contribution in [-0.2, 0) is 0 Å². The minimum Gasteiger partial charge on any atom is -0.496 e. The molecule has 0 aliphatic rings. The molecule has 2 nitrogen and oxygen atoms in total. The van der Waals surface area contributed by atoms with Crippen molar-refractivity contribution in [1.29, 1.82) is 0 Å². The Morgan fingerprint density at radius 3 is 2.08 bits per heavy atom. The number of carbonyl (C=O) groups excluding carboxylic acids is 1. The Hall–Kier alpha value is -2.52. The summed E-state index contributed by atoms with van der Waals surface area (Å²) in [6, 6.07) is 27.1. The highest BCUT2D eigenvalue weighted by molar-refractivity contribution is 8.00. The molecule has 1 atom stereocenters. The first-order valence-corrected chi connectivity index (χ1v) is 8.61. The number of carbonyl (C=O) groups is 1. The normalized spacial score (nSPS) is 11.7. The zero-order valence-electron chi connectivity index (χ0n) is 13.4. The van der Waals surface area contributed by atoms with Crippen LogP contribution in [0.5, 0.6) is 5.75 Å². The number of ketones is 1. The predicted octanol–water partition coefficient (Wildman–Crippen LogP) is 5.41. The molecule has 0 spiro atoms. The van der Waals surface area contributed by atoms with Crippen molar-refractivity contribution in [2.24, 2.45) is 0 Å². The summed E-state index contributed by atoms with van der Waals surface area (Å²) >= 11 is 1.52. The van der Waals surface area contributed by atoms with Gasteiger partial charge in [0.15, 0.2) is 5.78 Å². The molecule has 1 unspecified atom stereocenters. The number of Topliss-reactive ketones (excluding diaryl/α,β-unsaturated/α-hetero) is 1. The first-order chi connectivity index (χ1) is 11.8. The third-order valence-corrected chi connectivity index (χ3v) is 5.03. The Morgan fingerprint density at radius 2 is 1.42 bits per heavy atom. The summed E-state index contributed by atoms with van der Waals surface area (Å²) in [4.78, 5) is 14.0. The first-order valence-electron chi connectivity index (χ1n) is 7.73. The van der Waals surface area contributed by atoms with Gasteiger partial charge in [-0.15, -0.1) is 11.8 Å². The molecule has 0 radical (unpaired) electrons. The van der Waals surface area contributed by atoms with E-state index in [0.717, 1.165) is 16.2 Å². The highest BCUT2D eigenvalue weighted by atomic mass is 32.2. The lowest BCUT2D eigenvalue weighted by molar-refractivity contribution is 0.0989.